The van der Waals surface area contributed by atoms with Crippen LogP contribution in [0.25, 0.3) is 0 Å². The molecular formula is C24H28N4O3S. The van der Waals surface area contributed by atoms with Gasteiger partial charge in [0.05, 0.1) is 18.4 Å². The molecule has 1 aromatic carbocycles. The van der Waals surface area contributed by atoms with Gasteiger partial charge in [-0.3, -0.25) is 9.69 Å². The Balaban J connectivity index is 1.37. The number of benzene rings is 1. The average molecular weight is 453 g/mol. The van der Waals surface area contributed by atoms with Gasteiger partial charge in [-0.2, -0.15) is 0 Å². The Kier molecular flexibility index (Phi) is 7.44. The van der Waals surface area contributed by atoms with Crippen LogP contribution in [0.1, 0.15) is 33.8 Å². The SMILES string of the molecule is COc1ccc(CN2CCCN(C(=O)c3cccnc3SCc3cc(C)on3)CC2)cc1. The number of rotatable bonds is 7. The molecule has 1 aliphatic rings. The van der Waals surface area contributed by atoms with Crippen molar-refractivity contribution in [3.05, 3.63) is 71.2 Å². The van der Waals surface area contributed by atoms with E-state index in [1.165, 1.54) is 17.3 Å². The summed E-state index contributed by atoms with van der Waals surface area (Å²) >= 11 is 1.51. The number of pyridine rings is 1. The number of methoxy groups -OCH3 is 1. The largest absolute Gasteiger partial charge is 0.497 e. The number of carbonyl (C=O) groups is 1. The van der Waals surface area contributed by atoms with Crippen LogP contribution in [0.2, 0.25) is 0 Å². The van der Waals surface area contributed by atoms with E-state index in [9.17, 15) is 4.79 Å². The van der Waals surface area contributed by atoms with Gasteiger partial charge in [-0.25, -0.2) is 4.98 Å². The summed E-state index contributed by atoms with van der Waals surface area (Å²) in [5, 5.41) is 4.76. The number of amides is 1. The highest BCUT2D eigenvalue weighted by Gasteiger charge is 2.23. The summed E-state index contributed by atoms with van der Waals surface area (Å²) in [5.74, 6) is 2.31. The lowest BCUT2D eigenvalue weighted by molar-refractivity contribution is 0.0757. The third kappa shape index (κ3) is 5.69. The second kappa shape index (κ2) is 10.7. The molecule has 0 N–H and O–H groups in total. The van der Waals surface area contributed by atoms with Crippen molar-refractivity contribution in [1.82, 2.24) is 19.9 Å². The van der Waals surface area contributed by atoms with Crippen molar-refractivity contribution in [3.8, 4) is 5.75 Å². The van der Waals surface area contributed by atoms with E-state index in [0.29, 0.717) is 17.9 Å². The van der Waals surface area contributed by atoms with E-state index >= 15 is 0 Å². The number of aromatic nitrogens is 2. The minimum absolute atomic E-state index is 0.0447. The topological polar surface area (TPSA) is 71.7 Å². The van der Waals surface area contributed by atoms with E-state index < -0.39 is 0 Å². The van der Waals surface area contributed by atoms with Crippen molar-refractivity contribution in [2.75, 3.05) is 33.3 Å². The quantitative estimate of drug-likeness (QED) is 0.501. The van der Waals surface area contributed by atoms with Crippen molar-refractivity contribution in [3.63, 3.8) is 0 Å². The average Bonchev–Trinajstić information content (AvgIpc) is 3.10. The molecule has 3 heterocycles. The highest BCUT2D eigenvalue weighted by molar-refractivity contribution is 7.98. The summed E-state index contributed by atoms with van der Waals surface area (Å²) in [5.41, 5.74) is 2.75. The lowest BCUT2D eigenvalue weighted by atomic mass is 10.2. The van der Waals surface area contributed by atoms with E-state index in [1.807, 2.05) is 42.2 Å². The van der Waals surface area contributed by atoms with Crippen LogP contribution in [0.4, 0.5) is 0 Å². The molecule has 1 aliphatic heterocycles. The second-order valence-electron chi connectivity index (χ2n) is 7.84. The fourth-order valence-corrected chi connectivity index (χ4v) is 4.66. The maximum atomic E-state index is 13.3. The van der Waals surface area contributed by atoms with Crippen LogP contribution in [-0.2, 0) is 12.3 Å². The molecule has 4 rings (SSSR count). The van der Waals surface area contributed by atoms with E-state index in [0.717, 1.165) is 54.8 Å². The van der Waals surface area contributed by atoms with Crippen LogP contribution in [0.5, 0.6) is 5.75 Å². The normalized spacial score (nSPS) is 14.9. The molecule has 0 unspecified atom stereocenters. The van der Waals surface area contributed by atoms with Gasteiger partial charge in [-0.05, 0) is 43.2 Å². The number of carbonyl (C=O) groups excluding carboxylic acids is 1. The first-order chi connectivity index (χ1) is 15.6. The van der Waals surface area contributed by atoms with Crippen LogP contribution in [-0.4, -0.2) is 59.1 Å². The molecule has 0 bridgehead atoms. The molecule has 7 nitrogen and oxygen atoms in total. The summed E-state index contributed by atoms with van der Waals surface area (Å²) in [6.07, 6.45) is 2.68. The molecule has 3 aromatic rings. The molecular weight excluding hydrogens is 424 g/mol. The Morgan fingerprint density at radius 2 is 2.00 bits per heavy atom. The number of aryl methyl sites for hydroxylation is 1. The fraction of sp³-hybridized carbons (Fsp3) is 0.375. The Bertz CT molecular complexity index is 1040. The number of nitrogens with zero attached hydrogens (tertiary/aromatic N) is 4. The van der Waals surface area contributed by atoms with Crippen molar-refractivity contribution in [2.45, 2.75) is 30.7 Å². The molecule has 0 spiro atoms. The van der Waals surface area contributed by atoms with Gasteiger partial charge >= 0.3 is 0 Å². The Morgan fingerprint density at radius 1 is 1.16 bits per heavy atom. The first kappa shape index (κ1) is 22.4. The Hall–Kier alpha value is -2.84. The zero-order valence-corrected chi connectivity index (χ0v) is 19.3. The van der Waals surface area contributed by atoms with Gasteiger partial charge in [0.1, 0.15) is 16.5 Å². The molecule has 0 atom stereocenters. The number of hydrogen-bond donors (Lipinski definition) is 0. The lowest BCUT2D eigenvalue weighted by Gasteiger charge is -2.22. The molecule has 1 fully saturated rings. The highest BCUT2D eigenvalue weighted by atomic mass is 32.2. The minimum Gasteiger partial charge on any atom is -0.497 e. The third-order valence-electron chi connectivity index (χ3n) is 5.48. The third-order valence-corrected chi connectivity index (χ3v) is 6.51. The van der Waals surface area contributed by atoms with Crippen molar-refractivity contribution in [2.24, 2.45) is 0 Å². The molecule has 0 radical (unpaired) electrons. The standard InChI is InChI=1S/C24H28N4O3S/c1-18-15-20(26-31-18)17-32-23-22(5-3-10-25-23)24(29)28-12-4-11-27(13-14-28)16-19-6-8-21(30-2)9-7-19/h3,5-10,15H,4,11-14,16-17H2,1-2H3. The smallest absolute Gasteiger partial charge is 0.256 e. The molecule has 32 heavy (non-hydrogen) atoms. The zero-order valence-electron chi connectivity index (χ0n) is 18.5. The van der Waals surface area contributed by atoms with Gasteiger partial charge in [0.2, 0.25) is 0 Å². The van der Waals surface area contributed by atoms with Gasteiger partial charge in [-0.1, -0.05) is 29.1 Å². The van der Waals surface area contributed by atoms with E-state index in [-0.39, 0.29) is 5.91 Å². The lowest BCUT2D eigenvalue weighted by Crippen LogP contribution is -2.35. The molecule has 1 saturated heterocycles. The summed E-state index contributed by atoms with van der Waals surface area (Å²) < 4.78 is 10.4. The molecule has 168 valence electrons. The predicted octanol–water partition coefficient (Wildman–Crippen LogP) is 4.03. The van der Waals surface area contributed by atoms with Gasteiger partial charge in [0.25, 0.3) is 5.91 Å². The Labute approximate surface area is 192 Å². The molecule has 2 aromatic heterocycles. The predicted molar refractivity (Wildman–Crippen MR) is 124 cm³/mol. The maximum Gasteiger partial charge on any atom is 0.256 e. The first-order valence-corrected chi connectivity index (χ1v) is 11.8. The van der Waals surface area contributed by atoms with Gasteiger partial charge in [-0.15, -0.1) is 0 Å². The number of ether oxygens (including phenoxy) is 1. The summed E-state index contributed by atoms with van der Waals surface area (Å²) in [4.78, 5) is 22.1. The summed E-state index contributed by atoms with van der Waals surface area (Å²) in [6, 6.07) is 13.8. The number of hydrogen-bond acceptors (Lipinski definition) is 7. The minimum atomic E-state index is 0.0447. The molecule has 0 aliphatic carbocycles. The van der Waals surface area contributed by atoms with Crippen LogP contribution in [0.3, 0.4) is 0 Å². The molecule has 8 heteroatoms. The van der Waals surface area contributed by atoms with Crippen LogP contribution >= 0.6 is 11.8 Å². The van der Waals surface area contributed by atoms with Gasteiger partial charge < -0.3 is 14.2 Å². The summed E-state index contributed by atoms with van der Waals surface area (Å²) in [6.45, 7) is 6.01. The molecule has 0 saturated carbocycles. The van der Waals surface area contributed by atoms with Crippen LogP contribution < -0.4 is 4.74 Å². The molecule has 1 amide bonds. The van der Waals surface area contributed by atoms with E-state index in [2.05, 4.69) is 27.2 Å². The number of thioether (sulfide) groups is 1. The van der Waals surface area contributed by atoms with E-state index in [1.54, 1.807) is 13.3 Å². The summed E-state index contributed by atoms with van der Waals surface area (Å²) in [7, 11) is 1.68. The first-order valence-electron chi connectivity index (χ1n) is 10.8. The monoisotopic (exact) mass is 452 g/mol. The second-order valence-corrected chi connectivity index (χ2v) is 8.81. The van der Waals surface area contributed by atoms with Crippen molar-refractivity contribution < 1.29 is 14.1 Å². The van der Waals surface area contributed by atoms with Gasteiger partial charge in [0, 0.05) is 50.7 Å². The maximum absolute atomic E-state index is 13.3. The fourth-order valence-electron chi connectivity index (χ4n) is 3.79. The Morgan fingerprint density at radius 3 is 2.75 bits per heavy atom. The van der Waals surface area contributed by atoms with Crippen LogP contribution in [0, 0.1) is 6.92 Å². The van der Waals surface area contributed by atoms with Crippen molar-refractivity contribution >= 4 is 17.7 Å². The van der Waals surface area contributed by atoms with Crippen LogP contribution in [0.15, 0.2) is 58.2 Å². The van der Waals surface area contributed by atoms with Gasteiger partial charge in [0.15, 0.2) is 0 Å². The highest BCUT2D eigenvalue weighted by Crippen LogP contribution is 2.25. The zero-order chi connectivity index (χ0) is 22.3. The van der Waals surface area contributed by atoms with E-state index in [4.69, 9.17) is 9.26 Å². The van der Waals surface area contributed by atoms with Crippen molar-refractivity contribution in [1.29, 1.82) is 0 Å².